The molecule has 0 bridgehead atoms. The number of carboxylic acid groups (broad SMARTS) is 1. The Labute approximate surface area is 139 Å². The van der Waals surface area contributed by atoms with Gasteiger partial charge in [0.25, 0.3) is 0 Å². The van der Waals surface area contributed by atoms with E-state index in [0.717, 1.165) is 0 Å². The lowest BCUT2D eigenvalue weighted by Gasteiger charge is -2.16. The molecule has 0 saturated heterocycles. The van der Waals surface area contributed by atoms with Crippen LogP contribution >= 0.6 is 11.3 Å². The van der Waals surface area contributed by atoms with Gasteiger partial charge in [-0.1, -0.05) is 12.1 Å². The van der Waals surface area contributed by atoms with Crippen molar-refractivity contribution in [3.8, 4) is 0 Å². The van der Waals surface area contributed by atoms with Crippen molar-refractivity contribution in [2.24, 2.45) is 0 Å². The van der Waals surface area contributed by atoms with Gasteiger partial charge in [-0.3, -0.25) is 9.69 Å². The zero-order valence-corrected chi connectivity index (χ0v) is 14.2. The molecule has 1 aromatic heterocycles. The molecule has 1 amide bonds. The van der Waals surface area contributed by atoms with Gasteiger partial charge in [0.05, 0.1) is 17.8 Å². The number of aromatic carboxylic acids is 1. The van der Waals surface area contributed by atoms with Crippen LogP contribution in [0.15, 0.2) is 30.3 Å². The average Bonchev–Trinajstić information content (AvgIpc) is 2.76. The van der Waals surface area contributed by atoms with Crippen molar-refractivity contribution in [2.45, 2.75) is 20.4 Å². The number of carbonyl (C=O) groups excluding carboxylic acids is 1. The highest BCUT2D eigenvalue weighted by molar-refractivity contribution is 7.12. The monoisotopic (exact) mass is 332 g/mol. The highest BCUT2D eigenvalue weighted by atomic mass is 32.1. The number of nitrogens with one attached hydrogen (secondary N) is 1. The number of anilines is 1. The maximum atomic E-state index is 12.1. The number of likely N-dealkylation sites (N-methyl/N-ethyl adjacent to an activating group) is 1. The van der Waals surface area contributed by atoms with Crippen LogP contribution in [0.25, 0.3) is 0 Å². The highest BCUT2D eigenvalue weighted by Gasteiger charge is 2.14. The molecule has 6 heteroatoms. The number of thiophene rings is 1. The predicted octanol–water partition coefficient (Wildman–Crippen LogP) is 3.13. The van der Waals surface area contributed by atoms with Gasteiger partial charge >= 0.3 is 5.97 Å². The van der Waals surface area contributed by atoms with Gasteiger partial charge < -0.3 is 10.4 Å². The normalized spacial score (nSPS) is 10.8. The number of carboxylic acids is 1. The number of amides is 1. The maximum Gasteiger partial charge on any atom is 0.337 e. The molecule has 0 aliphatic heterocycles. The van der Waals surface area contributed by atoms with Crippen LogP contribution in [0, 0.1) is 13.8 Å². The molecule has 0 unspecified atom stereocenters. The molecule has 0 fully saturated rings. The number of hydrogen-bond donors (Lipinski definition) is 2. The standard InChI is InChI=1S/C17H20N2O3S/c1-11-8-13(12(2)23-11)9-19(3)10-16(20)18-15-7-5-4-6-14(15)17(21)22/h4-8H,9-10H2,1-3H3,(H,18,20)(H,21,22). The summed E-state index contributed by atoms with van der Waals surface area (Å²) >= 11 is 1.75. The Balaban J connectivity index is 1.97. The minimum Gasteiger partial charge on any atom is -0.478 e. The van der Waals surface area contributed by atoms with Crippen LogP contribution in [0.5, 0.6) is 0 Å². The molecule has 23 heavy (non-hydrogen) atoms. The topological polar surface area (TPSA) is 69.6 Å². The van der Waals surface area contributed by atoms with Crippen LogP contribution in [0.4, 0.5) is 5.69 Å². The molecule has 1 heterocycles. The van der Waals surface area contributed by atoms with Gasteiger partial charge in [-0.25, -0.2) is 4.79 Å². The molecule has 0 aliphatic carbocycles. The van der Waals surface area contributed by atoms with E-state index in [1.807, 2.05) is 11.9 Å². The van der Waals surface area contributed by atoms with Gasteiger partial charge in [-0.15, -0.1) is 11.3 Å². The SMILES string of the molecule is Cc1cc(CN(C)CC(=O)Nc2ccccc2C(=O)O)c(C)s1. The molecule has 0 radical (unpaired) electrons. The fourth-order valence-electron chi connectivity index (χ4n) is 2.40. The van der Waals surface area contributed by atoms with Crippen LogP contribution in [0.2, 0.25) is 0 Å². The molecule has 1 aromatic carbocycles. The summed E-state index contributed by atoms with van der Waals surface area (Å²) in [6, 6.07) is 8.53. The van der Waals surface area contributed by atoms with Gasteiger partial charge in [-0.2, -0.15) is 0 Å². The Kier molecular flexibility index (Phi) is 5.52. The van der Waals surface area contributed by atoms with Crippen LogP contribution < -0.4 is 5.32 Å². The number of carbonyl (C=O) groups is 2. The zero-order chi connectivity index (χ0) is 17.0. The molecule has 5 nitrogen and oxygen atoms in total. The van der Waals surface area contributed by atoms with E-state index >= 15 is 0 Å². The summed E-state index contributed by atoms with van der Waals surface area (Å²) in [7, 11) is 1.87. The minimum atomic E-state index is -1.06. The van der Waals surface area contributed by atoms with Gasteiger partial charge in [0, 0.05) is 16.3 Å². The number of hydrogen-bond acceptors (Lipinski definition) is 4. The molecule has 2 N–H and O–H groups in total. The van der Waals surface area contributed by atoms with Crippen LogP contribution in [0.3, 0.4) is 0 Å². The van der Waals surface area contributed by atoms with Gasteiger partial charge in [-0.05, 0) is 44.7 Å². The van der Waals surface area contributed by atoms with E-state index in [2.05, 4.69) is 25.2 Å². The summed E-state index contributed by atoms with van der Waals surface area (Å²) in [5.74, 6) is -1.29. The first kappa shape index (κ1) is 17.2. The number of rotatable bonds is 6. The summed E-state index contributed by atoms with van der Waals surface area (Å²) in [5, 5.41) is 11.8. The van der Waals surface area contributed by atoms with Crippen molar-refractivity contribution in [1.29, 1.82) is 0 Å². The molecule has 2 rings (SSSR count). The van der Waals surface area contributed by atoms with Gasteiger partial charge in [0.1, 0.15) is 0 Å². The Bertz CT molecular complexity index is 724. The third kappa shape index (κ3) is 4.64. The van der Waals surface area contributed by atoms with E-state index in [4.69, 9.17) is 5.11 Å². The predicted molar refractivity (Wildman–Crippen MR) is 92.2 cm³/mol. The van der Waals surface area contributed by atoms with Crippen molar-refractivity contribution in [3.63, 3.8) is 0 Å². The van der Waals surface area contributed by atoms with Gasteiger partial charge in [0.2, 0.25) is 5.91 Å². The van der Waals surface area contributed by atoms with E-state index in [1.165, 1.54) is 21.4 Å². The number of benzene rings is 1. The summed E-state index contributed by atoms with van der Waals surface area (Å²) in [6.45, 7) is 5.02. The first-order valence-electron chi connectivity index (χ1n) is 7.23. The van der Waals surface area contributed by atoms with Crippen molar-refractivity contribution < 1.29 is 14.7 Å². The van der Waals surface area contributed by atoms with Crippen molar-refractivity contribution in [1.82, 2.24) is 4.90 Å². The van der Waals surface area contributed by atoms with Crippen LogP contribution in [0.1, 0.15) is 25.7 Å². The smallest absolute Gasteiger partial charge is 0.337 e. The third-order valence-electron chi connectivity index (χ3n) is 3.43. The molecule has 0 atom stereocenters. The molecule has 122 valence electrons. The Morgan fingerprint density at radius 3 is 2.57 bits per heavy atom. The molecular weight excluding hydrogens is 312 g/mol. The fraction of sp³-hybridized carbons (Fsp3) is 0.294. The van der Waals surface area contributed by atoms with Crippen LogP contribution in [-0.4, -0.2) is 35.5 Å². The minimum absolute atomic E-state index is 0.0906. The number of aryl methyl sites for hydroxylation is 2. The summed E-state index contributed by atoms with van der Waals surface area (Å²) in [5.41, 5.74) is 1.63. The van der Waals surface area contributed by atoms with Crippen molar-refractivity contribution in [3.05, 3.63) is 51.2 Å². The van der Waals surface area contributed by atoms with Crippen molar-refractivity contribution >= 4 is 28.9 Å². The second-order valence-corrected chi connectivity index (χ2v) is 6.97. The lowest BCUT2D eigenvalue weighted by molar-refractivity contribution is -0.117. The molecular formula is C17H20N2O3S. The van der Waals surface area contributed by atoms with E-state index < -0.39 is 5.97 Å². The van der Waals surface area contributed by atoms with E-state index in [-0.39, 0.29) is 18.0 Å². The van der Waals surface area contributed by atoms with Gasteiger partial charge in [0.15, 0.2) is 0 Å². The second kappa shape index (κ2) is 7.39. The molecule has 0 aliphatic rings. The van der Waals surface area contributed by atoms with Crippen molar-refractivity contribution in [2.75, 3.05) is 18.9 Å². The first-order chi connectivity index (χ1) is 10.9. The van der Waals surface area contributed by atoms with E-state index in [1.54, 1.807) is 29.5 Å². The summed E-state index contributed by atoms with van der Waals surface area (Å²) < 4.78 is 0. The largest absolute Gasteiger partial charge is 0.478 e. The Hall–Kier alpha value is -2.18. The number of nitrogens with zero attached hydrogens (tertiary/aromatic N) is 1. The first-order valence-corrected chi connectivity index (χ1v) is 8.05. The molecule has 0 saturated carbocycles. The number of para-hydroxylation sites is 1. The third-order valence-corrected chi connectivity index (χ3v) is 4.44. The fourth-order valence-corrected chi connectivity index (χ4v) is 3.34. The zero-order valence-electron chi connectivity index (χ0n) is 13.4. The molecule has 0 spiro atoms. The van der Waals surface area contributed by atoms with E-state index in [9.17, 15) is 9.59 Å². The quantitative estimate of drug-likeness (QED) is 0.853. The van der Waals surface area contributed by atoms with E-state index in [0.29, 0.717) is 12.2 Å². The second-order valence-electron chi connectivity index (χ2n) is 5.51. The Morgan fingerprint density at radius 1 is 1.26 bits per heavy atom. The average molecular weight is 332 g/mol. The Morgan fingerprint density at radius 2 is 1.96 bits per heavy atom. The summed E-state index contributed by atoms with van der Waals surface area (Å²) in [6.07, 6.45) is 0. The summed E-state index contributed by atoms with van der Waals surface area (Å²) in [4.78, 5) is 27.7. The lowest BCUT2D eigenvalue weighted by atomic mass is 10.2. The highest BCUT2D eigenvalue weighted by Crippen LogP contribution is 2.21. The molecule has 2 aromatic rings. The lowest BCUT2D eigenvalue weighted by Crippen LogP contribution is -2.30. The maximum absolute atomic E-state index is 12.1. The van der Waals surface area contributed by atoms with Crippen LogP contribution in [-0.2, 0) is 11.3 Å².